The topological polar surface area (TPSA) is 21.3 Å². The minimum absolute atomic E-state index is 0.106. The van der Waals surface area contributed by atoms with Crippen molar-refractivity contribution >= 4 is 0 Å². The van der Waals surface area contributed by atoms with Gasteiger partial charge < -0.3 is 10.1 Å². The van der Waals surface area contributed by atoms with Crippen LogP contribution < -0.4 is 5.32 Å². The molecule has 0 aromatic rings. The van der Waals surface area contributed by atoms with E-state index in [0.29, 0.717) is 5.41 Å². The highest BCUT2D eigenvalue weighted by atomic mass is 16.5. The predicted molar refractivity (Wildman–Crippen MR) is 92.7 cm³/mol. The van der Waals surface area contributed by atoms with Crippen LogP contribution >= 0.6 is 0 Å². The van der Waals surface area contributed by atoms with Crippen LogP contribution in [0.1, 0.15) is 80.1 Å². The second kappa shape index (κ2) is 8.53. The monoisotopic (exact) mass is 297 g/mol. The molecule has 0 unspecified atom stereocenters. The maximum absolute atomic E-state index is 6.42. The largest absolute Gasteiger partial charge is 0.374 e. The van der Waals surface area contributed by atoms with Gasteiger partial charge in [0.25, 0.3) is 0 Å². The van der Waals surface area contributed by atoms with Gasteiger partial charge in [-0.15, -0.1) is 0 Å². The van der Waals surface area contributed by atoms with Gasteiger partial charge in [0, 0.05) is 13.2 Å². The SMILES string of the molecule is CCNCC1(OCCCC(C)C)CCC(C(C)(C)C)CC1. The van der Waals surface area contributed by atoms with E-state index in [0.717, 1.165) is 31.5 Å². The summed E-state index contributed by atoms with van der Waals surface area (Å²) >= 11 is 0. The van der Waals surface area contributed by atoms with Crippen LogP contribution in [0.2, 0.25) is 0 Å². The lowest BCUT2D eigenvalue weighted by molar-refractivity contribution is -0.0856. The van der Waals surface area contributed by atoms with E-state index in [4.69, 9.17) is 4.74 Å². The molecule has 0 spiro atoms. The zero-order valence-corrected chi connectivity index (χ0v) is 15.4. The van der Waals surface area contributed by atoms with E-state index in [9.17, 15) is 0 Å². The van der Waals surface area contributed by atoms with E-state index in [1.807, 2.05) is 0 Å². The number of rotatable bonds is 8. The van der Waals surface area contributed by atoms with E-state index in [2.05, 4.69) is 46.9 Å². The lowest BCUT2D eigenvalue weighted by atomic mass is 9.68. The summed E-state index contributed by atoms with van der Waals surface area (Å²) in [7, 11) is 0. The Morgan fingerprint density at radius 2 is 1.81 bits per heavy atom. The Kier molecular flexibility index (Phi) is 7.70. The van der Waals surface area contributed by atoms with Gasteiger partial charge in [0.15, 0.2) is 0 Å². The fourth-order valence-electron chi connectivity index (χ4n) is 3.52. The highest BCUT2D eigenvalue weighted by Crippen LogP contribution is 2.42. The summed E-state index contributed by atoms with van der Waals surface area (Å²) in [6.45, 7) is 16.9. The van der Waals surface area contributed by atoms with Crippen LogP contribution in [0.3, 0.4) is 0 Å². The average Bonchev–Trinajstić information content (AvgIpc) is 2.41. The molecule has 0 atom stereocenters. The van der Waals surface area contributed by atoms with Crippen molar-refractivity contribution in [3.63, 3.8) is 0 Å². The van der Waals surface area contributed by atoms with Gasteiger partial charge >= 0.3 is 0 Å². The molecule has 1 fully saturated rings. The molecule has 21 heavy (non-hydrogen) atoms. The smallest absolute Gasteiger partial charge is 0.0806 e. The Morgan fingerprint density at radius 1 is 1.19 bits per heavy atom. The molecule has 0 bridgehead atoms. The lowest BCUT2D eigenvalue weighted by Gasteiger charge is -2.44. The fourth-order valence-corrected chi connectivity index (χ4v) is 3.52. The van der Waals surface area contributed by atoms with Crippen LogP contribution in [0.4, 0.5) is 0 Å². The molecule has 0 amide bonds. The Labute approximate surface area is 133 Å². The second-order valence-corrected chi connectivity index (χ2v) is 8.49. The van der Waals surface area contributed by atoms with Gasteiger partial charge in [-0.05, 0) is 62.3 Å². The molecular weight excluding hydrogens is 258 g/mol. The molecule has 0 aromatic carbocycles. The molecule has 0 saturated heterocycles. The first-order chi connectivity index (χ1) is 9.79. The first kappa shape index (κ1) is 19.0. The van der Waals surface area contributed by atoms with Crippen molar-refractivity contribution in [2.45, 2.75) is 85.7 Å². The lowest BCUT2D eigenvalue weighted by Crippen LogP contribution is -2.47. The number of hydrogen-bond acceptors (Lipinski definition) is 2. The Balaban J connectivity index is 2.48. The molecule has 2 heteroatoms. The third-order valence-electron chi connectivity index (χ3n) is 5.15. The number of nitrogens with one attached hydrogen (secondary N) is 1. The second-order valence-electron chi connectivity index (χ2n) is 8.49. The van der Waals surface area contributed by atoms with E-state index in [-0.39, 0.29) is 5.60 Å². The highest BCUT2D eigenvalue weighted by Gasteiger charge is 2.39. The van der Waals surface area contributed by atoms with Gasteiger partial charge in [-0.2, -0.15) is 0 Å². The van der Waals surface area contributed by atoms with E-state index >= 15 is 0 Å². The molecule has 1 aliphatic carbocycles. The molecule has 126 valence electrons. The van der Waals surface area contributed by atoms with Crippen molar-refractivity contribution in [3.8, 4) is 0 Å². The van der Waals surface area contributed by atoms with Crippen molar-refractivity contribution in [1.82, 2.24) is 5.32 Å². The van der Waals surface area contributed by atoms with E-state index < -0.39 is 0 Å². The van der Waals surface area contributed by atoms with Crippen molar-refractivity contribution in [1.29, 1.82) is 0 Å². The van der Waals surface area contributed by atoms with Crippen molar-refractivity contribution in [2.24, 2.45) is 17.3 Å². The summed E-state index contributed by atoms with van der Waals surface area (Å²) in [5.41, 5.74) is 0.552. The van der Waals surface area contributed by atoms with Crippen molar-refractivity contribution < 1.29 is 4.74 Å². The Bertz CT molecular complexity index is 272. The quantitative estimate of drug-likeness (QED) is 0.635. The van der Waals surface area contributed by atoms with Gasteiger partial charge in [0.2, 0.25) is 0 Å². The molecule has 1 rings (SSSR count). The van der Waals surface area contributed by atoms with Gasteiger partial charge in [-0.3, -0.25) is 0 Å². The van der Waals surface area contributed by atoms with Crippen LogP contribution in [0.15, 0.2) is 0 Å². The minimum atomic E-state index is 0.106. The third kappa shape index (κ3) is 6.69. The molecule has 1 N–H and O–H groups in total. The van der Waals surface area contributed by atoms with Gasteiger partial charge in [-0.25, -0.2) is 0 Å². The van der Waals surface area contributed by atoms with Crippen LogP contribution in [0.5, 0.6) is 0 Å². The van der Waals surface area contributed by atoms with Crippen LogP contribution in [-0.2, 0) is 4.74 Å². The highest BCUT2D eigenvalue weighted by molar-refractivity contribution is 4.92. The molecule has 0 aliphatic heterocycles. The molecule has 1 aliphatic rings. The summed E-state index contributed by atoms with van der Waals surface area (Å²) in [5, 5.41) is 3.54. The van der Waals surface area contributed by atoms with Gasteiger partial charge in [0.1, 0.15) is 0 Å². The summed E-state index contributed by atoms with van der Waals surface area (Å²) in [4.78, 5) is 0. The summed E-state index contributed by atoms with van der Waals surface area (Å²) in [6, 6.07) is 0. The first-order valence-electron chi connectivity index (χ1n) is 9.14. The Hall–Kier alpha value is -0.0800. The van der Waals surface area contributed by atoms with Crippen molar-refractivity contribution in [3.05, 3.63) is 0 Å². The average molecular weight is 298 g/mol. The maximum atomic E-state index is 6.42. The summed E-state index contributed by atoms with van der Waals surface area (Å²) < 4.78 is 6.42. The number of likely N-dealkylation sites (N-methyl/N-ethyl adjacent to an activating group) is 1. The van der Waals surface area contributed by atoms with Crippen LogP contribution in [0.25, 0.3) is 0 Å². The number of ether oxygens (including phenoxy) is 1. The van der Waals surface area contributed by atoms with E-state index in [1.54, 1.807) is 0 Å². The zero-order chi connectivity index (χ0) is 15.9. The number of hydrogen-bond donors (Lipinski definition) is 1. The van der Waals surface area contributed by atoms with Crippen LogP contribution in [0, 0.1) is 17.3 Å². The molecule has 1 saturated carbocycles. The third-order valence-corrected chi connectivity index (χ3v) is 5.15. The molecule has 2 nitrogen and oxygen atoms in total. The first-order valence-corrected chi connectivity index (χ1v) is 9.14. The predicted octanol–water partition coefficient (Wildman–Crippen LogP) is 5.02. The molecule has 0 radical (unpaired) electrons. The minimum Gasteiger partial charge on any atom is -0.374 e. The molecular formula is C19H39NO. The Morgan fingerprint density at radius 3 is 2.29 bits per heavy atom. The molecule has 0 heterocycles. The summed E-state index contributed by atoms with van der Waals surface area (Å²) in [6.07, 6.45) is 7.57. The zero-order valence-electron chi connectivity index (χ0n) is 15.4. The fraction of sp³-hybridized carbons (Fsp3) is 1.00. The van der Waals surface area contributed by atoms with Gasteiger partial charge in [-0.1, -0.05) is 41.5 Å². The van der Waals surface area contributed by atoms with E-state index in [1.165, 1.54) is 38.5 Å². The van der Waals surface area contributed by atoms with Crippen molar-refractivity contribution in [2.75, 3.05) is 19.7 Å². The normalized spacial score (nSPS) is 27.3. The van der Waals surface area contributed by atoms with Crippen LogP contribution in [-0.4, -0.2) is 25.3 Å². The maximum Gasteiger partial charge on any atom is 0.0806 e. The summed E-state index contributed by atoms with van der Waals surface area (Å²) in [5.74, 6) is 1.64. The molecule has 0 aromatic heterocycles. The standard InChI is InChI=1S/C19H39NO/c1-7-20-15-19(21-14-8-9-16(2)3)12-10-17(11-13-19)18(4,5)6/h16-17,20H,7-15H2,1-6H3. The van der Waals surface area contributed by atoms with Gasteiger partial charge in [0.05, 0.1) is 5.60 Å².